The number of carbonyl (C=O) groups is 3. The van der Waals surface area contributed by atoms with Gasteiger partial charge in [-0.25, -0.2) is 0 Å². The van der Waals surface area contributed by atoms with Crippen molar-refractivity contribution in [3.05, 3.63) is 28.2 Å². The van der Waals surface area contributed by atoms with Gasteiger partial charge >= 0.3 is 5.97 Å². The fourth-order valence-electron chi connectivity index (χ4n) is 4.35. The quantitative estimate of drug-likeness (QED) is 0.603. The van der Waals surface area contributed by atoms with E-state index in [1.807, 2.05) is 0 Å². The molecule has 0 radical (unpaired) electrons. The summed E-state index contributed by atoms with van der Waals surface area (Å²) >= 11 is 12.0. The molecule has 2 fully saturated rings. The molecular formula is C19H22Cl2N2O5. The van der Waals surface area contributed by atoms with Crippen molar-refractivity contribution in [1.82, 2.24) is 10.9 Å². The lowest BCUT2D eigenvalue weighted by atomic mass is 9.79. The number of halogens is 2. The number of carboxylic acid groups (broad SMARTS) is 1. The van der Waals surface area contributed by atoms with Crippen LogP contribution >= 0.6 is 23.2 Å². The van der Waals surface area contributed by atoms with Crippen molar-refractivity contribution < 1.29 is 24.2 Å². The van der Waals surface area contributed by atoms with Crippen LogP contribution in [-0.2, 0) is 14.4 Å². The van der Waals surface area contributed by atoms with E-state index in [2.05, 4.69) is 10.9 Å². The molecule has 2 aliphatic carbocycles. The molecule has 0 spiro atoms. The van der Waals surface area contributed by atoms with E-state index in [0.717, 1.165) is 19.3 Å². The van der Waals surface area contributed by atoms with Crippen molar-refractivity contribution in [2.45, 2.75) is 38.7 Å². The van der Waals surface area contributed by atoms with E-state index in [1.165, 1.54) is 6.07 Å². The van der Waals surface area contributed by atoms with Gasteiger partial charge in [-0.05, 0) is 49.7 Å². The van der Waals surface area contributed by atoms with Gasteiger partial charge in [0.15, 0.2) is 6.10 Å². The van der Waals surface area contributed by atoms with Crippen molar-refractivity contribution in [2.75, 3.05) is 0 Å². The van der Waals surface area contributed by atoms with Crippen LogP contribution in [0, 0.1) is 23.7 Å². The second kappa shape index (κ2) is 8.57. The minimum absolute atomic E-state index is 0.0330. The molecule has 5 unspecified atom stereocenters. The van der Waals surface area contributed by atoms with Crippen molar-refractivity contribution in [3.63, 3.8) is 0 Å². The summed E-state index contributed by atoms with van der Waals surface area (Å²) in [4.78, 5) is 36.5. The van der Waals surface area contributed by atoms with Gasteiger partial charge in [0.05, 0.1) is 16.9 Å². The number of benzene rings is 1. The highest BCUT2D eigenvalue weighted by atomic mass is 35.5. The van der Waals surface area contributed by atoms with Crippen LogP contribution in [0.3, 0.4) is 0 Å². The van der Waals surface area contributed by atoms with Gasteiger partial charge in [0.25, 0.3) is 5.91 Å². The third-order valence-corrected chi connectivity index (χ3v) is 6.19. The van der Waals surface area contributed by atoms with Gasteiger partial charge in [-0.15, -0.1) is 0 Å². The number of rotatable bonds is 6. The molecule has 0 saturated heterocycles. The molecule has 3 N–H and O–H groups in total. The number of amides is 2. The largest absolute Gasteiger partial charge is 0.481 e. The summed E-state index contributed by atoms with van der Waals surface area (Å²) < 4.78 is 5.63. The van der Waals surface area contributed by atoms with Crippen LogP contribution in [0.15, 0.2) is 18.2 Å². The van der Waals surface area contributed by atoms with Crippen LogP contribution in [-0.4, -0.2) is 29.0 Å². The Kier molecular flexibility index (Phi) is 6.35. The number of carboxylic acids is 1. The van der Waals surface area contributed by atoms with Gasteiger partial charge in [-0.2, -0.15) is 0 Å². The Hall–Kier alpha value is -1.99. The highest BCUT2D eigenvalue weighted by Gasteiger charge is 2.54. The van der Waals surface area contributed by atoms with Crippen molar-refractivity contribution >= 4 is 41.0 Å². The van der Waals surface area contributed by atoms with Crippen LogP contribution in [0.4, 0.5) is 0 Å². The first kappa shape index (κ1) is 20.7. The highest BCUT2D eigenvalue weighted by molar-refractivity contribution is 6.34. The zero-order valence-electron chi connectivity index (χ0n) is 15.3. The van der Waals surface area contributed by atoms with Gasteiger partial charge in [0, 0.05) is 11.1 Å². The maximum absolute atomic E-state index is 12.6. The average Bonchev–Trinajstić information content (AvgIpc) is 3.27. The molecule has 2 amide bonds. The van der Waals surface area contributed by atoms with E-state index in [0.29, 0.717) is 16.5 Å². The molecule has 0 aliphatic heterocycles. The molecule has 7 nitrogen and oxygen atoms in total. The molecule has 152 valence electrons. The number of ether oxygens (including phenoxy) is 1. The molecule has 0 heterocycles. The first-order chi connectivity index (χ1) is 13.3. The number of carbonyl (C=O) groups excluding carboxylic acids is 2. The number of aliphatic carboxylic acids is 1. The molecule has 0 aromatic heterocycles. The van der Waals surface area contributed by atoms with Crippen LogP contribution in [0.1, 0.15) is 32.6 Å². The standard InChI is InChI=1S/C19H22Cl2N2O5/c1-2-13(28-14-8-11(20)5-6-12(14)21)17(24)22-23-18(25)15-9-3-4-10(7-9)16(15)19(26)27/h5-6,8-10,13,15-16H,2-4,7H2,1H3,(H,22,24)(H,23,25)(H,26,27). The van der Waals surface area contributed by atoms with Crippen LogP contribution in [0.25, 0.3) is 0 Å². The molecule has 28 heavy (non-hydrogen) atoms. The summed E-state index contributed by atoms with van der Waals surface area (Å²) in [6.45, 7) is 1.75. The van der Waals surface area contributed by atoms with Crippen LogP contribution < -0.4 is 15.6 Å². The summed E-state index contributed by atoms with van der Waals surface area (Å²) in [6.07, 6.45) is 1.86. The zero-order chi connectivity index (χ0) is 20.4. The van der Waals surface area contributed by atoms with E-state index >= 15 is 0 Å². The Morgan fingerprint density at radius 2 is 1.86 bits per heavy atom. The van der Waals surface area contributed by atoms with Crippen LogP contribution in [0.2, 0.25) is 10.0 Å². The van der Waals surface area contributed by atoms with E-state index in [9.17, 15) is 19.5 Å². The van der Waals surface area contributed by atoms with Gasteiger partial charge in [-0.1, -0.05) is 30.1 Å². The Morgan fingerprint density at radius 3 is 2.50 bits per heavy atom. The summed E-state index contributed by atoms with van der Waals surface area (Å²) in [6, 6.07) is 4.67. The third kappa shape index (κ3) is 4.20. The monoisotopic (exact) mass is 428 g/mol. The lowest BCUT2D eigenvalue weighted by Crippen LogP contribution is -2.52. The first-order valence-corrected chi connectivity index (χ1v) is 10.0. The molecule has 2 aliphatic rings. The lowest BCUT2D eigenvalue weighted by Gasteiger charge is -2.27. The molecule has 2 saturated carbocycles. The van der Waals surface area contributed by atoms with Gasteiger partial charge in [0.1, 0.15) is 5.75 Å². The first-order valence-electron chi connectivity index (χ1n) is 9.26. The van der Waals surface area contributed by atoms with Crippen molar-refractivity contribution in [1.29, 1.82) is 0 Å². The molecule has 1 aromatic carbocycles. The highest BCUT2D eigenvalue weighted by Crippen LogP contribution is 2.52. The Balaban J connectivity index is 1.60. The maximum Gasteiger partial charge on any atom is 0.307 e. The number of nitrogens with one attached hydrogen (secondary N) is 2. The average molecular weight is 429 g/mol. The van der Waals surface area contributed by atoms with Gasteiger partial charge in [-0.3, -0.25) is 25.2 Å². The van der Waals surface area contributed by atoms with Crippen LogP contribution in [0.5, 0.6) is 5.75 Å². The Morgan fingerprint density at radius 1 is 1.18 bits per heavy atom. The predicted octanol–water partition coefficient (Wildman–Crippen LogP) is 3.05. The second-order valence-electron chi connectivity index (χ2n) is 7.29. The fourth-order valence-corrected chi connectivity index (χ4v) is 4.68. The summed E-state index contributed by atoms with van der Waals surface area (Å²) in [5.74, 6) is -2.95. The molecule has 1 aromatic rings. The van der Waals surface area contributed by atoms with Crippen molar-refractivity contribution in [3.8, 4) is 5.75 Å². The zero-order valence-corrected chi connectivity index (χ0v) is 16.8. The number of hydrogen-bond donors (Lipinski definition) is 3. The summed E-state index contributed by atoms with van der Waals surface area (Å²) in [5.41, 5.74) is 4.73. The maximum atomic E-state index is 12.6. The number of hydrogen-bond acceptors (Lipinski definition) is 4. The normalized spacial score (nSPS) is 26.5. The van der Waals surface area contributed by atoms with Crippen molar-refractivity contribution in [2.24, 2.45) is 23.7 Å². The smallest absolute Gasteiger partial charge is 0.307 e. The predicted molar refractivity (Wildman–Crippen MR) is 103 cm³/mol. The molecule has 2 bridgehead atoms. The molecule has 5 atom stereocenters. The van der Waals surface area contributed by atoms with E-state index < -0.39 is 35.7 Å². The summed E-state index contributed by atoms with van der Waals surface area (Å²) in [7, 11) is 0. The van der Waals surface area contributed by atoms with Gasteiger partial charge in [0.2, 0.25) is 5.91 Å². The fraction of sp³-hybridized carbons (Fsp3) is 0.526. The lowest BCUT2D eigenvalue weighted by molar-refractivity contribution is -0.150. The summed E-state index contributed by atoms with van der Waals surface area (Å²) in [5, 5.41) is 10.2. The van der Waals surface area contributed by atoms with E-state index in [-0.39, 0.29) is 17.6 Å². The second-order valence-corrected chi connectivity index (χ2v) is 8.13. The number of hydrazine groups is 1. The number of fused-ring (bicyclic) bond motifs is 2. The molecular weight excluding hydrogens is 407 g/mol. The SMILES string of the molecule is CCC(Oc1cc(Cl)ccc1Cl)C(=O)NNC(=O)C1C2CCC(C2)C1C(=O)O. The molecule has 9 heteroatoms. The van der Waals surface area contributed by atoms with E-state index in [1.54, 1.807) is 19.1 Å². The Labute approximate surface area is 172 Å². The molecule has 3 rings (SSSR count). The minimum atomic E-state index is -0.955. The minimum Gasteiger partial charge on any atom is -0.481 e. The topological polar surface area (TPSA) is 105 Å². The van der Waals surface area contributed by atoms with Gasteiger partial charge < -0.3 is 9.84 Å². The van der Waals surface area contributed by atoms with E-state index in [4.69, 9.17) is 27.9 Å². The third-order valence-electron chi connectivity index (χ3n) is 5.64. The Bertz CT molecular complexity index is 788.